The summed E-state index contributed by atoms with van der Waals surface area (Å²) in [5.74, 6) is 0. The smallest absolute Gasteiger partial charge is 0.0268 e. The molecule has 74 valence electrons. The summed E-state index contributed by atoms with van der Waals surface area (Å²) in [7, 11) is 0. The molecule has 2 aromatic carbocycles. The summed E-state index contributed by atoms with van der Waals surface area (Å²) in [6.45, 7) is 0. The van der Waals surface area contributed by atoms with Crippen molar-refractivity contribution in [2.45, 2.75) is 6.42 Å². The fourth-order valence-corrected chi connectivity index (χ4v) is 1.81. The second kappa shape index (κ2) is 4.85. The number of hydrogen-bond donors (Lipinski definition) is 0. The van der Waals surface area contributed by atoms with Crippen LogP contribution in [-0.4, -0.2) is 4.86 Å². The minimum Gasteiger partial charge on any atom is -0.0839 e. The molecule has 0 amide bonds. The molecule has 0 N–H and O–H groups in total. The summed E-state index contributed by atoms with van der Waals surface area (Å²) in [5, 5.41) is 0. The molecule has 0 fully saturated rings. The molecule has 2 aromatic rings. The van der Waals surface area contributed by atoms with Crippen molar-refractivity contribution in [2.75, 3.05) is 0 Å². The van der Waals surface area contributed by atoms with Gasteiger partial charge in [0.2, 0.25) is 0 Å². The molecule has 0 spiro atoms. The Morgan fingerprint density at radius 3 is 1.93 bits per heavy atom. The molecule has 0 atom stereocenters. The molecule has 0 aliphatic rings. The summed E-state index contributed by atoms with van der Waals surface area (Å²) in [6.07, 6.45) is 0.847. The van der Waals surface area contributed by atoms with Gasteiger partial charge in [0, 0.05) is 11.3 Å². The highest BCUT2D eigenvalue weighted by Gasteiger charge is 2.00. The van der Waals surface area contributed by atoms with Gasteiger partial charge in [-0.05, 0) is 11.1 Å². The van der Waals surface area contributed by atoms with Gasteiger partial charge in [-0.3, -0.25) is 0 Å². The first kappa shape index (κ1) is 10.1. The molecule has 0 aliphatic heterocycles. The highest BCUT2D eigenvalue weighted by Crippen LogP contribution is 2.08. The van der Waals surface area contributed by atoms with Gasteiger partial charge in [0.05, 0.1) is 0 Å². The van der Waals surface area contributed by atoms with Crippen LogP contribution in [0.2, 0.25) is 0 Å². The maximum atomic E-state index is 5.40. The lowest BCUT2D eigenvalue weighted by Crippen LogP contribution is -2.01. The highest BCUT2D eigenvalue weighted by atomic mass is 32.1. The lowest BCUT2D eigenvalue weighted by Gasteiger charge is -2.03. The Morgan fingerprint density at radius 1 is 0.800 bits per heavy atom. The minimum absolute atomic E-state index is 0.847. The third kappa shape index (κ3) is 2.74. The molecule has 1 heteroatoms. The number of thiocarbonyl (C=S) groups is 1. The molecule has 0 saturated carbocycles. The Kier molecular flexibility index (Phi) is 3.25. The van der Waals surface area contributed by atoms with E-state index in [0.29, 0.717) is 0 Å². The lowest BCUT2D eigenvalue weighted by molar-refractivity contribution is 1.35. The topological polar surface area (TPSA) is 0 Å². The van der Waals surface area contributed by atoms with E-state index in [1.54, 1.807) is 0 Å². The van der Waals surface area contributed by atoms with E-state index in [-0.39, 0.29) is 0 Å². The van der Waals surface area contributed by atoms with Gasteiger partial charge in [-0.25, -0.2) is 0 Å². The van der Waals surface area contributed by atoms with Crippen LogP contribution in [-0.2, 0) is 6.42 Å². The summed E-state index contributed by atoms with van der Waals surface area (Å²) in [4.78, 5) is 1.00. The normalized spacial score (nSPS) is 9.87. The van der Waals surface area contributed by atoms with Gasteiger partial charge >= 0.3 is 0 Å². The van der Waals surface area contributed by atoms with Crippen LogP contribution in [0, 0.1) is 0 Å². The summed E-state index contributed by atoms with van der Waals surface area (Å²) < 4.78 is 0. The fourth-order valence-electron chi connectivity index (χ4n) is 1.51. The van der Waals surface area contributed by atoms with Crippen LogP contribution in [0.15, 0.2) is 60.7 Å². The molecule has 15 heavy (non-hydrogen) atoms. The highest BCUT2D eigenvalue weighted by molar-refractivity contribution is 7.80. The van der Waals surface area contributed by atoms with Crippen LogP contribution >= 0.6 is 12.2 Å². The zero-order chi connectivity index (χ0) is 10.5. The largest absolute Gasteiger partial charge is 0.0839 e. The van der Waals surface area contributed by atoms with Crippen molar-refractivity contribution in [3.8, 4) is 0 Å². The number of hydrogen-bond acceptors (Lipinski definition) is 1. The second-order valence-electron chi connectivity index (χ2n) is 3.45. The maximum absolute atomic E-state index is 5.40. The summed E-state index contributed by atoms with van der Waals surface area (Å²) >= 11 is 5.40. The van der Waals surface area contributed by atoms with Gasteiger partial charge in [-0.1, -0.05) is 72.9 Å². The zero-order valence-corrected chi connectivity index (χ0v) is 9.21. The van der Waals surface area contributed by atoms with Crippen LogP contribution in [0.5, 0.6) is 0 Å². The van der Waals surface area contributed by atoms with Crippen LogP contribution < -0.4 is 0 Å². The van der Waals surface area contributed by atoms with E-state index < -0.39 is 0 Å². The molecule has 0 radical (unpaired) electrons. The summed E-state index contributed by atoms with van der Waals surface area (Å²) in [5.41, 5.74) is 2.42. The van der Waals surface area contributed by atoms with Crippen molar-refractivity contribution in [3.05, 3.63) is 71.8 Å². The Bertz CT molecular complexity index is 431. The minimum atomic E-state index is 0.847. The van der Waals surface area contributed by atoms with Gasteiger partial charge in [0.1, 0.15) is 0 Å². The Labute approximate surface area is 95.6 Å². The van der Waals surface area contributed by atoms with Crippen molar-refractivity contribution in [2.24, 2.45) is 0 Å². The average Bonchev–Trinajstić information content (AvgIpc) is 2.31. The van der Waals surface area contributed by atoms with E-state index in [1.165, 1.54) is 5.56 Å². The fraction of sp³-hybridized carbons (Fsp3) is 0.0714. The Hall–Kier alpha value is -1.47. The first-order chi connectivity index (χ1) is 7.36. The van der Waals surface area contributed by atoms with Crippen LogP contribution in [0.3, 0.4) is 0 Å². The van der Waals surface area contributed by atoms with E-state index in [9.17, 15) is 0 Å². The van der Waals surface area contributed by atoms with Crippen molar-refractivity contribution in [1.82, 2.24) is 0 Å². The standard InChI is InChI=1S/C14H12S/c15-14(13-9-5-2-6-10-13)11-12-7-3-1-4-8-12/h1-10H,11H2. The third-order valence-electron chi connectivity index (χ3n) is 2.30. The monoisotopic (exact) mass is 212 g/mol. The molecule has 0 nitrogen and oxygen atoms in total. The summed E-state index contributed by atoms with van der Waals surface area (Å²) in [6, 6.07) is 20.5. The van der Waals surface area contributed by atoms with Crippen molar-refractivity contribution in [3.63, 3.8) is 0 Å². The Balaban J connectivity index is 2.12. The predicted molar refractivity (Wildman–Crippen MR) is 68.3 cm³/mol. The van der Waals surface area contributed by atoms with E-state index in [2.05, 4.69) is 24.3 Å². The first-order valence-electron chi connectivity index (χ1n) is 4.98. The molecule has 0 aromatic heterocycles. The van der Waals surface area contributed by atoms with E-state index >= 15 is 0 Å². The number of rotatable bonds is 3. The first-order valence-corrected chi connectivity index (χ1v) is 5.39. The number of benzene rings is 2. The molecule has 2 rings (SSSR count). The van der Waals surface area contributed by atoms with Crippen molar-refractivity contribution in [1.29, 1.82) is 0 Å². The molecular weight excluding hydrogens is 200 g/mol. The van der Waals surface area contributed by atoms with Crippen LogP contribution in [0.25, 0.3) is 0 Å². The zero-order valence-electron chi connectivity index (χ0n) is 8.39. The van der Waals surface area contributed by atoms with Crippen LogP contribution in [0.4, 0.5) is 0 Å². The molecule has 0 saturated heterocycles. The molecular formula is C14H12S. The SMILES string of the molecule is S=C(Cc1ccccc1)c1ccccc1. The van der Waals surface area contributed by atoms with E-state index in [1.807, 2.05) is 36.4 Å². The molecule has 0 aliphatic carbocycles. The van der Waals surface area contributed by atoms with E-state index in [0.717, 1.165) is 16.8 Å². The maximum Gasteiger partial charge on any atom is 0.0268 e. The lowest BCUT2D eigenvalue weighted by atomic mass is 10.0. The quantitative estimate of drug-likeness (QED) is 0.553. The van der Waals surface area contributed by atoms with E-state index in [4.69, 9.17) is 12.2 Å². The van der Waals surface area contributed by atoms with Gasteiger partial charge in [-0.2, -0.15) is 0 Å². The molecule has 0 bridgehead atoms. The third-order valence-corrected chi connectivity index (χ3v) is 2.68. The van der Waals surface area contributed by atoms with Gasteiger partial charge in [0.25, 0.3) is 0 Å². The van der Waals surface area contributed by atoms with Gasteiger partial charge in [-0.15, -0.1) is 0 Å². The average molecular weight is 212 g/mol. The van der Waals surface area contributed by atoms with Gasteiger partial charge in [0.15, 0.2) is 0 Å². The van der Waals surface area contributed by atoms with Crippen LogP contribution in [0.1, 0.15) is 11.1 Å². The Morgan fingerprint density at radius 2 is 1.33 bits per heavy atom. The molecule has 0 heterocycles. The second-order valence-corrected chi connectivity index (χ2v) is 3.94. The molecule has 0 unspecified atom stereocenters. The predicted octanol–water partition coefficient (Wildman–Crippen LogP) is 3.65. The van der Waals surface area contributed by atoms with Crippen molar-refractivity contribution < 1.29 is 0 Å². The van der Waals surface area contributed by atoms with Crippen molar-refractivity contribution >= 4 is 17.1 Å². The van der Waals surface area contributed by atoms with Gasteiger partial charge < -0.3 is 0 Å².